The van der Waals surface area contributed by atoms with Crippen molar-refractivity contribution < 1.29 is 8.42 Å². The first-order chi connectivity index (χ1) is 13.4. The Balaban J connectivity index is 1.54. The molecule has 1 atom stereocenters. The summed E-state index contributed by atoms with van der Waals surface area (Å²) in [7, 11) is -3.48. The Morgan fingerprint density at radius 3 is 2.68 bits per heavy atom. The number of nitrogens with zero attached hydrogens (tertiary/aromatic N) is 4. The summed E-state index contributed by atoms with van der Waals surface area (Å²) in [5, 5.41) is 4.00. The normalized spacial score (nSPS) is 17.7. The highest BCUT2D eigenvalue weighted by molar-refractivity contribution is 7.89. The molecule has 0 radical (unpaired) electrons. The number of rotatable bonds is 5. The number of nitrogens with one attached hydrogen (secondary N) is 1. The highest BCUT2D eigenvalue weighted by Gasteiger charge is 2.34. The minimum absolute atomic E-state index is 0.0405. The van der Waals surface area contributed by atoms with Crippen molar-refractivity contribution in [3.63, 3.8) is 0 Å². The van der Waals surface area contributed by atoms with Crippen molar-refractivity contribution in [3.8, 4) is 0 Å². The minimum Gasteiger partial charge on any atom is -0.316 e. The fourth-order valence-corrected chi connectivity index (χ4v) is 5.51. The van der Waals surface area contributed by atoms with Gasteiger partial charge in [0, 0.05) is 36.1 Å². The SMILES string of the molecule is Cc1nc(Nc2ncc(C)s2)cc(C2CCN(S(=O)(=O)c3ccccc3)C2)n1. The van der Waals surface area contributed by atoms with E-state index in [9.17, 15) is 8.42 Å². The molecule has 1 aromatic carbocycles. The maximum atomic E-state index is 12.9. The molecule has 0 amide bonds. The Bertz CT molecular complexity index is 1080. The summed E-state index contributed by atoms with van der Waals surface area (Å²) in [5.74, 6) is 1.37. The van der Waals surface area contributed by atoms with Gasteiger partial charge in [-0.3, -0.25) is 0 Å². The lowest BCUT2D eigenvalue weighted by atomic mass is 10.0. The van der Waals surface area contributed by atoms with Crippen LogP contribution in [0.3, 0.4) is 0 Å². The molecule has 1 saturated heterocycles. The van der Waals surface area contributed by atoms with Crippen molar-refractivity contribution in [2.75, 3.05) is 18.4 Å². The van der Waals surface area contributed by atoms with Gasteiger partial charge in [-0.25, -0.2) is 23.4 Å². The second-order valence-corrected chi connectivity index (χ2v) is 9.96. The largest absolute Gasteiger partial charge is 0.316 e. The number of hydrogen-bond acceptors (Lipinski definition) is 7. The summed E-state index contributed by atoms with van der Waals surface area (Å²) in [5.41, 5.74) is 0.856. The first kappa shape index (κ1) is 19.0. The molecule has 3 heterocycles. The fraction of sp³-hybridized carbons (Fsp3) is 0.316. The molecule has 4 rings (SSSR count). The van der Waals surface area contributed by atoms with Gasteiger partial charge in [0.25, 0.3) is 0 Å². The second kappa shape index (κ2) is 7.57. The van der Waals surface area contributed by atoms with Gasteiger partial charge in [-0.15, -0.1) is 11.3 Å². The lowest BCUT2D eigenvalue weighted by Crippen LogP contribution is -2.28. The molecule has 7 nitrogen and oxygen atoms in total. The highest BCUT2D eigenvalue weighted by Crippen LogP contribution is 2.31. The van der Waals surface area contributed by atoms with Crippen LogP contribution in [-0.4, -0.2) is 40.8 Å². The fourth-order valence-electron chi connectivity index (χ4n) is 3.32. The monoisotopic (exact) mass is 415 g/mol. The number of thiazole rings is 1. The Hall–Kier alpha value is -2.36. The smallest absolute Gasteiger partial charge is 0.243 e. The predicted octanol–water partition coefficient (Wildman–Crippen LogP) is 3.47. The van der Waals surface area contributed by atoms with Crippen LogP contribution in [0, 0.1) is 13.8 Å². The number of hydrogen-bond donors (Lipinski definition) is 1. The summed E-state index contributed by atoms with van der Waals surface area (Å²) >= 11 is 1.56. The zero-order chi connectivity index (χ0) is 19.7. The molecule has 1 unspecified atom stereocenters. The number of benzene rings is 1. The quantitative estimate of drug-likeness (QED) is 0.686. The lowest BCUT2D eigenvalue weighted by Gasteiger charge is -2.17. The topological polar surface area (TPSA) is 88.1 Å². The van der Waals surface area contributed by atoms with E-state index >= 15 is 0 Å². The summed E-state index contributed by atoms with van der Waals surface area (Å²) < 4.78 is 27.3. The first-order valence-electron chi connectivity index (χ1n) is 9.02. The summed E-state index contributed by atoms with van der Waals surface area (Å²) in [4.78, 5) is 14.8. The number of aryl methyl sites for hydroxylation is 2. The molecule has 1 aliphatic heterocycles. The van der Waals surface area contributed by atoms with Crippen molar-refractivity contribution in [2.24, 2.45) is 0 Å². The molecule has 0 aliphatic carbocycles. The zero-order valence-electron chi connectivity index (χ0n) is 15.7. The molecule has 3 aromatic rings. The Labute approximate surface area is 168 Å². The van der Waals surface area contributed by atoms with E-state index in [1.54, 1.807) is 39.9 Å². The average molecular weight is 416 g/mol. The van der Waals surface area contributed by atoms with Gasteiger partial charge >= 0.3 is 0 Å². The van der Waals surface area contributed by atoms with Gasteiger partial charge in [-0.2, -0.15) is 4.31 Å². The molecule has 28 heavy (non-hydrogen) atoms. The van der Waals surface area contributed by atoms with Crippen molar-refractivity contribution in [1.82, 2.24) is 19.3 Å². The highest BCUT2D eigenvalue weighted by atomic mass is 32.2. The van der Waals surface area contributed by atoms with Crippen LogP contribution in [-0.2, 0) is 10.0 Å². The molecular formula is C19H21N5O2S2. The van der Waals surface area contributed by atoms with Crippen LogP contribution in [0.2, 0.25) is 0 Å². The maximum Gasteiger partial charge on any atom is 0.243 e. The van der Waals surface area contributed by atoms with Crippen LogP contribution in [0.5, 0.6) is 0 Å². The van der Waals surface area contributed by atoms with Gasteiger partial charge in [-0.05, 0) is 32.4 Å². The van der Waals surface area contributed by atoms with E-state index in [1.165, 1.54) is 0 Å². The van der Waals surface area contributed by atoms with E-state index in [2.05, 4.69) is 20.3 Å². The molecule has 0 bridgehead atoms. The van der Waals surface area contributed by atoms with Crippen LogP contribution >= 0.6 is 11.3 Å². The van der Waals surface area contributed by atoms with Crippen LogP contribution in [0.1, 0.15) is 28.7 Å². The van der Waals surface area contributed by atoms with Crippen LogP contribution in [0.25, 0.3) is 0 Å². The molecule has 2 aromatic heterocycles. The standard InChI is InChI=1S/C19H21N5O2S2/c1-13-11-20-19(27-13)23-18-10-17(21-14(2)22-18)15-8-9-24(12-15)28(25,26)16-6-4-3-5-7-16/h3-7,10-11,15H,8-9,12H2,1-2H3,(H,20,21,22,23). The molecule has 9 heteroatoms. The van der Waals surface area contributed by atoms with E-state index in [1.807, 2.05) is 32.2 Å². The van der Waals surface area contributed by atoms with Crippen LogP contribution in [0.4, 0.5) is 10.9 Å². The van der Waals surface area contributed by atoms with Crippen molar-refractivity contribution in [1.29, 1.82) is 0 Å². The van der Waals surface area contributed by atoms with E-state index in [0.717, 1.165) is 22.1 Å². The van der Waals surface area contributed by atoms with E-state index in [4.69, 9.17) is 0 Å². The third-order valence-electron chi connectivity index (χ3n) is 4.66. The molecule has 1 N–H and O–H groups in total. The molecule has 0 saturated carbocycles. The number of anilines is 2. The molecule has 146 valence electrons. The zero-order valence-corrected chi connectivity index (χ0v) is 17.3. The maximum absolute atomic E-state index is 12.9. The summed E-state index contributed by atoms with van der Waals surface area (Å²) in [6, 6.07) is 10.5. The minimum atomic E-state index is -3.48. The second-order valence-electron chi connectivity index (χ2n) is 6.79. The van der Waals surface area contributed by atoms with Crippen molar-refractivity contribution >= 4 is 32.3 Å². The first-order valence-corrected chi connectivity index (χ1v) is 11.3. The Kier molecular flexibility index (Phi) is 5.13. The van der Waals surface area contributed by atoms with Crippen LogP contribution in [0.15, 0.2) is 47.5 Å². The molecule has 1 aliphatic rings. The van der Waals surface area contributed by atoms with Crippen LogP contribution < -0.4 is 5.32 Å². The van der Waals surface area contributed by atoms with Gasteiger partial charge in [0.05, 0.1) is 10.6 Å². The summed E-state index contributed by atoms with van der Waals surface area (Å²) in [6.07, 6.45) is 2.55. The van der Waals surface area contributed by atoms with E-state index in [-0.39, 0.29) is 5.92 Å². The van der Waals surface area contributed by atoms with Crippen molar-refractivity contribution in [3.05, 3.63) is 59.0 Å². The van der Waals surface area contributed by atoms with Gasteiger partial charge in [0.1, 0.15) is 11.6 Å². The van der Waals surface area contributed by atoms with Gasteiger partial charge in [0.15, 0.2) is 5.13 Å². The molecule has 1 fully saturated rings. The van der Waals surface area contributed by atoms with Crippen molar-refractivity contribution in [2.45, 2.75) is 31.1 Å². The Morgan fingerprint density at radius 2 is 1.96 bits per heavy atom. The lowest BCUT2D eigenvalue weighted by molar-refractivity contribution is 0.472. The van der Waals surface area contributed by atoms with Gasteiger partial charge < -0.3 is 5.32 Å². The van der Waals surface area contributed by atoms with E-state index in [0.29, 0.717) is 29.6 Å². The van der Waals surface area contributed by atoms with E-state index < -0.39 is 10.0 Å². The third-order valence-corrected chi connectivity index (χ3v) is 7.37. The molecule has 0 spiro atoms. The Morgan fingerprint density at radius 1 is 1.18 bits per heavy atom. The molecular weight excluding hydrogens is 394 g/mol. The number of sulfonamides is 1. The van der Waals surface area contributed by atoms with Gasteiger partial charge in [0.2, 0.25) is 10.0 Å². The average Bonchev–Trinajstić information content (AvgIpc) is 3.32. The van der Waals surface area contributed by atoms with Gasteiger partial charge in [-0.1, -0.05) is 18.2 Å². The summed E-state index contributed by atoms with van der Waals surface area (Å²) in [6.45, 7) is 4.75. The predicted molar refractivity (Wildman–Crippen MR) is 109 cm³/mol. The number of aromatic nitrogens is 3. The third kappa shape index (κ3) is 3.91.